The molecule has 0 aliphatic carbocycles. The van der Waals surface area contributed by atoms with E-state index < -0.39 is 0 Å². The maximum Gasteiger partial charge on any atom is 0.124 e. The lowest BCUT2D eigenvalue weighted by atomic mass is 10.1. The molecule has 0 saturated heterocycles. The number of hydrogen-bond donors (Lipinski definition) is 2. The fourth-order valence-corrected chi connectivity index (χ4v) is 2.78. The molecule has 4 nitrogen and oxygen atoms in total. The molecule has 0 bridgehead atoms. The van der Waals surface area contributed by atoms with E-state index in [1.54, 1.807) is 6.20 Å². The summed E-state index contributed by atoms with van der Waals surface area (Å²) in [5, 5.41) is 4.89. The van der Waals surface area contributed by atoms with Gasteiger partial charge in [-0.15, -0.1) is 0 Å². The maximum atomic E-state index is 5.85. The standard InChI is InChI=1S/C11H10ClN.C8H13N3.CH4/c1-2-8-3-4-11-9(5-8)6-10(12)7-13-11;1-5-4-7(9)11-6(2)8(5)10-3;/h3-7H,2H2,1H3;4,10H,1-3H3,(H2,9,11);1H4. The van der Waals surface area contributed by atoms with Crippen LogP contribution in [-0.2, 0) is 6.42 Å². The Labute approximate surface area is 155 Å². The number of rotatable bonds is 2. The molecule has 1 aromatic carbocycles. The first-order chi connectivity index (χ1) is 11.4. The Balaban J connectivity index is 0.000000244. The number of nitrogens with two attached hydrogens (primary N) is 1. The third-order valence-corrected chi connectivity index (χ3v) is 3.99. The molecule has 0 radical (unpaired) electrons. The summed E-state index contributed by atoms with van der Waals surface area (Å²) < 4.78 is 0. The summed E-state index contributed by atoms with van der Waals surface area (Å²) >= 11 is 5.85. The normalized spacial score (nSPS) is 9.80. The topological polar surface area (TPSA) is 63.8 Å². The summed E-state index contributed by atoms with van der Waals surface area (Å²) in [6.07, 6.45) is 2.72. The zero-order valence-electron chi connectivity index (χ0n) is 14.5. The number of nitrogens with one attached hydrogen (secondary N) is 1. The Hall–Kier alpha value is -2.33. The van der Waals surface area contributed by atoms with Crippen LogP contribution >= 0.6 is 11.6 Å². The second kappa shape index (κ2) is 9.23. The Morgan fingerprint density at radius 3 is 2.48 bits per heavy atom. The van der Waals surface area contributed by atoms with Crippen molar-refractivity contribution < 1.29 is 0 Å². The predicted octanol–water partition coefficient (Wildman–Crippen LogP) is 5.41. The van der Waals surface area contributed by atoms with Crippen LogP contribution in [0.2, 0.25) is 5.02 Å². The molecular formula is C20H27ClN4. The van der Waals surface area contributed by atoms with E-state index in [9.17, 15) is 0 Å². The zero-order valence-corrected chi connectivity index (χ0v) is 15.3. The zero-order chi connectivity index (χ0) is 17.7. The average molecular weight is 359 g/mol. The van der Waals surface area contributed by atoms with Crippen LogP contribution in [0.25, 0.3) is 10.9 Å². The minimum absolute atomic E-state index is 0. The van der Waals surface area contributed by atoms with Gasteiger partial charge in [0.1, 0.15) is 5.82 Å². The van der Waals surface area contributed by atoms with Crippen LogP contribution in [0.4, 0.5) is 11.5 Å². The van der Waals surface area contributed by atoms with Crippen LogP contribution in [0.1, 0.15) is 31.2 Å². The van der Waals surface area contributed by atoms with Crippen molar-refractivity contribution in [3.05, 3.63) is 58.4 Å². The molecular weight excluding hydrogens is 332 g/mol. The quantitative estimate of drug-likeness (QED) is 0.642. The highest BCUT2D eigenvalue weighted by Crippen LogP contribution is 2.19. The lowest BCUT2D eigenvalue weighted by Crippen LogP contribution is -2.00. The molecule has 0 unspecified atom stereocenters. The minimum atomic E-state index is 0. The molecule has 134 valence electrons. The van der Waals surface area contributed by atoms with Gasteiger partial charge in [0.2, 0.25) is 0 Å². The number of benzene rings is 1. The number of nitrogen functional groups attached to an aromatic ring is 1. The van der Waals surface area contributed by atoms with Crippen molar-refractivity contribution in [2.75, 3.05) is 18.1 Å². The Kier molecular flexibility index (Phi) is 7.65. The van der Waals surface area contributed by atoms with E-state index in [1.807, 2.05) is 39.1 Å². The number of anilines is 2. The molecule has 3 rings (SSSR count). The van der Waals surface area contributed by atoms with Gasteiger partial charge in [0.25, 0.3) is 0 Å². The molecule has 2 heterocycles. The van der Waals surface area contributed by atoms with Crippen LogP contribution in [-0.4, -0.2) is 17.0 Å². The number of fused-ring (bicyclic) bond motifs is 1. The highest BCUT2D eigenvalue weighted by molar-refractivity contribution is 6.31. The molecule has 0 aliphatic heterocycles. The lowest BCUT2D eigenvalue weighted by molar-refractivity contribution is 1.14. The number of hydrogen-bond acceptors (Lipinski definition) is 4. The molecule has 0 amide bonds. The molecule has 5 heteroatoms. The van der Waals surface area contributed by atoms with Crippen molar-refractivity contribution in [1.29, 1.82) is 0 Å². The number of pyridine rings is 2. The summed E-state index contributed by atoms with van der Waals surface area (Å²) in [7, 11) is 1.88. The SMILES string of the molecule is C.CCc1ccc2ncc(Cl)cc2c1.CNc1c(C)cc(N)nc1C. The Morgan fingerprint density at radius 2 is 1.88 bits per heavy atom. The van der Waals surface area contributed by atoms with Gasteiger partial charge in [-0.3, -0.25) is 4.98 Å². The van der Waals surface area contributed by atoms with E-state index in [0.717, 1.165) is 34.3 Å². The monoisotopic (exact) mass is 358 g/mol. The molecule has 2 aromatic heterocycles. The maximum absolute atomic E-state index is 5.85. The van der Waals surface area contributed by atoms with Crippen molar-refractivity contribution in [2.45, 2.75) is 34.6 Å². The molecule has 0 atom stereocenters. The summed E-state index contributed by atoms with van der Waals surface area (Å²) in [5.41, 5.74) is 11.0. The van der Waals surface area contributed by atoms with Crippen LogP contribution in [0.3, 0.4) is 0 Å². The molecule has 3 aromatic rings. The second-order valence-corrected chi connectivity index (χ2v) is 6.05. The van der Waals surface area contributed by atoms with Crippen LogP contribution < -0.4 is 11.1 Å². The lowest BCUT2D eigenvalue weighted by Gasteiger charge is -2.08. The summed E-state index contributed by atoms with van der Waals surface area (Å²) in [6.45, 7) is 6.09. The number of nitrogens with zero attached hydrogens (tertiary/aromatic N) is 2. The van der Waals surface area contributed by atoms with E-state index in [4.69, 9.17) is 17.3 Å². The van der Waals surface area contributed by atoms with Gasteiger partial charge < -0.3 is 11.1 Å². The Morgan fingerprint density at radius 1 is 1.16 bits per heavy atom. The van der Waals surface area contributed by atoms with E-state index in [-0.39, 0.29) is 7.43 Å². The molecule has 0 saturated carbocycles. The van der Waals surface area contributed by atoms with Crippen LogP contribution in [0.5, 0.6) is 0 Å². The van der Waals surface area contributed by atoms with Crippen molar-refractivity contribution >= 4 is 34.0 Å². The first-order valence-corrected chi connectivity index (χ1v) is 8.28. The Bertz CT molecular complexity index is 823. The second-order valence-electron chi connectivity index (χ2n) is 5.61. The highest BCUT2D eigenvalue weighted by Gasteiger charge is 2.01. The predicted molar refractivity (Wildman–Crippen MR) is 111 cm³/mol. The van der Waals surface area contributed by atoms with Crippen molar-refractivity contribution in [3.8, 4) is 0 Å². The number of aromatic nitrogens is 2. The van der Waals surface area contributed by atoms with Gasteiger partial charge in [-0.2, -0.15) is 0 Å². The molecule has 25 heavy (non-hydrogen) atoms. The summed E-state index contributed by atoms with van der Waals surface area (Å²) in [4.78, 5) is 8.34. The molecule has 0 fully saturated rings. The van der Waals surface area contributed by atoms with E-state index in [2.05, 4.69) is 34.3 Å². The smallest absolute Gasteiger partial charge is 0.124 e. The fraction of sp³-hybridized carbons (Fsp3) is 0.300. The van der Waals surface area contributed by atoms with Crippen molar-refractivity contribution in [3.63, 3.8) is 0 Å². The fourth-order valence-electron chi connectivity index (χ4n) is 2.61. The van der Waals surface area contributed by atoms with Gasteiger partial charge >= 0.3 is 0 Å². The van der Waals surface area contributed by atoms with Gasteiger partial charge in [-0.05, 0) is 55.7 Å². The molecule has 0 aliphatic rings. The molecule has 0 spiro atoms. The van der Waals surface area contributed by atoms with Gasteiger partial charge in [0, 0.05) is 18.6 Å². The van der Waals surface area contributed by atoms with Gasteiger partial charge in [0.15, 0.2) is 0 Å². The third-order valence-electron chi connectivity index (χ3n) is 3.79. The van der Waals surface area contributed by atoms with Gasteiger partial charge in [0.05, 0.1) is 21.9 Å². The third kappa shape index (κ3) is 5.33. The highest BCUT2D eigenvalue weighted by atomic mass is 35.5. The van der Waals surface area contributed by atoms with Crippen molar-refractivity contribution in [1.82, 2.24) is 9.97 Å². The largest absolute Gasteiger partial charge is 0.386 e. The summed E-state index contributed by atoms with van der Waals surface area (Å²) in [5.74, 6) is 0.582. The number of halogens is 1. The minimum Gasteiger partial charge on any atom is -0.386 e. The molecule has 3 N–H and O–H groups in total. The first kappa shape index (κ1) is 20.7. The van der Waals surface area contributed by atoms with Crippen LogP contribution in [0, 0.1) is 13.8 Å². The van der Waals surface area contributed by atoms with Gasteiger partial charge in [-0.1, -0.05) is 32.0 Å². The number of aryl methyl sites for hydroxylation is 3. The first-order valence-electron chi connectivity index (χ1n) is 7.90. The van der Waals surface area contributed by atoms with E-state index in [0.29, 0.717) is 10.8 Å². The average Bonchev–Trinajstić information content (AvgIpc) is 2.54. The van der Waals surface area contributed by atoms with E-state index >= 15 is 0 Å². The van der Waals surface area contributed by atoms with E-state index in [1.165, 1.54) is 5.56 Å². The van der Waals surface area contributed by atoms with Crippen molar-refractivity contribution in [2.24, 2.45) is 0 Å². The van der Waals surface area contributed by atoms with Gasteiger partial charge in [-0.25, -0.2) is 4.98 Å². The summed E-state index contributed by atoms with van der Waals surface area (Å²) in [6, 6.07) is 10.1. The van der Waals surface area contributed by atoms with Crippen LogP contribution in [0.15, 0.2) is 36.5 Å².